The van der Waals surface area contributed by atoms with Gasteiger partial charge in [0.15, 0.2) is 5.82 Å². The number of hydrogen-bond acceptors (Lipinski definition) is 2. The molecule has 1 aromatic rings. The zero-order valence-electron chi connectivity index (χ0n) is 5.89. The maximum atomic E-state index is 11.9. The summed E-state index contributed by atoms with van der Waals surface area (Å²) in [6.07, 6.45) is -3.28. The largest absolute Gasteiger partial charge is 0.444 e. The molecular weight excluding hydrogens is 321 g/mol. The third-order valence-electron chi connectivity index (χ3n) is 1.03. The normalized spacial score (nSPS) is 13.5. The van der Waals surface area contributed by atoms with Gasteiger partial charge in [0.2, 0.25) is 5.17 Å². The van der Waals surface area contributed by atoms with Gasteiger partial charge in [-0.25, -0.2) is 4.99 Å². The lowest BCUT2D eigenvalue weighted by Gasteiger charge is -2.01. The van der Waals surface area contributed by atoms with Crippen molar-refractivity contribution in [2.24, 2.45) is 4.99 Å². The fourth-order valence-corrected chi connectivity index (χ4v) is 1.02. The summed E-state index contributed by atoms with van der Waals surface area (Å²) < 4.78 is 36.8. The minimum Gasteiger partial charge on any atom is -0.212 e. The summed E-state index contributed by atoms with van der Waals surface area (Å²) in [5.74, 6) is 0.0444. The summed E-state index contributed by atoms with van der Waals surface area (Å²) >= 11 is 6.59. The Hall–Kier alpha value is -0.310. The van der Waals surface area contributed by atoms with Crippen molar-refractivity contribution in [3.63, 3.8) is 0 Å². The molecule has 0 bridgehead atoms. The van der Waals surface area contributed by atoms with Crippen LogP contribution in [0, 0.1) is 0 Å². The van der Waals surface area contributed by atoms with Crippen LogP contribution in [0.4, 0.5) is 19.0 Å². The van der Waals surface area contributed by atoms with Crippen molar-refractivity contribution in [3.05, 3.63) is 12.3 Å². The molecule has 0 atom stereocenters. The molecule has 13 heavy (non-hydrogen) atoms. The zero-order chi connectivity index (χ0) is 10.1. The first-order chi connectivity index (χ1) is 5.91. The molecule has 0 spiro atoms. The molecule has 3 nitrogen and oxygen atoms in total. The van der Waals surface area contributed by atoms with Gasteiger partial charge in [0, 0.05) is 6.07 Å². The van der Waals surface area contributed by atoms with Crippen LogP contribution in [-0.4, -0.2) is 19.3 Å². The number of alkyl halides is 3. The fraction of sp³-hybridized carbons (Fsp3) is 0.200. The van der Waals surface area contributed by atoms with E-state index in [0.717, 1.165) is 2.90 Å². The summed E-state index contributed by atoms with van der Waals surface area (Å²) in [6, 6.07) is 1.32. The second kappa shape index (κ2) is 3.82. The number of hydrogen-bond donors (Lipinski definition) is 0. The third-order valence-corrected chi connectivity index (χ3v) is 2.07. The van der Waals surface area contributed by atoms with E-state index in [1.165, 1.54) is 12.3 Å². The summed E-state index contributed by atoms with van der Waals surface area (Å²) in [5, 5.41) is 2.21. The van der Waals surface area contributed by atoms with Gasteiger partial charge in [0.25, 0.3) is 0 Å². The van der Waals surface area contributed by atoms with Crippen molar-refractivity contribution < 1.29 is 13.2 Å². The van der Waals surface area contributed by atoms with Crippen molar-refractivity contribution in [1.82, 2.24) is 7.99 Å². The van der Waals surface area contributed by atoms with Gasteiger partial charge < -0.3 is 0 Å². The lowest BCUT2D eigenvalue weighted by atomic mass is 10.6. The van der Waals surface area contributed by atoms with Gasteiger partial charge in [-0.05, 0) is 0 Å². The predicted molar refractivity (Wildman–Crippen MR) is 50.6 cm³/mol. The molecule has 0 aliphatic carbocycles. The van der Waals surface area contributed by atoms with Crippen LogP contribution in [0.3, 0.4) is 0 Å². The minimum atomic E-state index is -4.61. The Kier molecular flexibility index (Phi) is 3.17. The first kappa shape index (κ1) is 10.8. The Morgan fingerprint density at radius 3 is 2.62 bits per heavy atom. The third kappa shape index (κ3) is 2.83. The highest BCUT2D eigenvalue weighted by atomic mass is 127. The first-order valence-electron chi connectivity index (χ1n) is 2.93. The quantitative estimate of drug-likeness (QED) is 0.577. The van der Waals surface area contributed by atoms with Crippen molar-refractivity contribution in [3.8, 4) is 0 Å². The average Bonchev–Trinajstić information content (AvgIpc) is 2.34. The number of rotatable bonds is 1. The van der Waals surface area contributed by atoms with Gasteiger partial charge in [-0.2, -0.15) is 21.2 Å². The van der Waals surface area contributed by atoms with Crippen LogP contribution in [0.15, 0.2) is 17.3 Å². The molecule has 0 aliphatic rings. The maximum Gasteiger partial charge on any atom is 0.444 e. The summed E-state index contributed by atoms with van der Waals surface area (Å²) in [6.45, 7) is 0. The number of aliphatic imine (C=N–C) groups is 1. The number of nitrogens with zero attached hydrogens (tertiary/aromatic N) is 3. The molecule has 0 saturated heterocycles. The van der Waals surface area contributed by atoms with Crippen LogP contribution >= 0.6 is 34.5 Å². The standard InChI is InChI=1S/C5H2ClF3IN3/c6-4(5(7,8)9)12-3-1-2-11-13(3)10/h1-2H. The molecule has 0 unspecified atom stereocenters. The van der Waals surface area contributed by atoms with Gasteiger partial charge in [0.05, 0.1) is 29.1 Å². The summed E-state index contributed by atoms with van der Waals surface area (Å²) in [5.41, 5.74) is 0. The van der Waals surface area contributed by atoms with Crippen LogP contribution in [0.25, 0.3) is 0 Å². The SMILES string of the molecule is FC(F)(F)C(Cl)=Nc1ccnn1I. The fourth-order valence-electron chi connectivity index (χ4n) is 0.522. The van der Waals surface area contributed by atoms with Gasteiger partial charge in [0.1, 0.15) is 0 Å². The van der Waals surface area contributed by atoms with Crippen molar-refractivity contribution >= 4 is 45.5 Å². The second-order valence-corrected chi connectivity index (χ2v) is 3.22. The average molecular weight is 323 g/mol. The monoisotopic (exact) mass is 323 g/mol. The van der Waals surface area contributed by atoms with E-state index in [4.69, 9.17) is 11.6 Å². The Morgan fingerprint density at radius 2 is 2.23 bits per heavy atom. The molecule has 0 aromatic carbocycles. The van der Waals surface area contributed by atoms with E-state index in [-0.39, 0.29) is 5.82 Å². The molecule has 0 aliphatic heterocycles. The van der Waals surface area contributed by atoms with Crippen LogP contribution in [0.2, 0.25) is 0 Å². The highest BCUT2D eigenvalue weighted by molar-refractivity contribution is 14.1. The van der Waals surface area contributed by atoms with Gasteiger partial charge in [-0.15, -0.1) is 0 Å². The van der Waals surface area contributed by atoms with Crippen LogP contribution in [-0.2, 0) is 0 Å². The van der Waals surface area contributed by atoms with Crippen molar-refractivity contribution in [2.75, 3.05) is 0 Å². The molecule has 0 N–H and O–H groups in total. The minimum absolute atomic E-state index is 0.0444. The zero-order valence-corrected chi connectivity index (χ0v) is 8.80. The van der Waals surface area contributed by atoms with Crippen LogP contribution in [0.1, 0.15) is 0 Å². The molecule has 1 rings (SSSR count). The molecule has 0 amide bonds. The van der Waals surface area contributed by atoms with Gasteiger partial charge >= 0.3 is 6.18 Å². The molecule has 1 heterocycles. The molecule has 72 valence electrons. The van der Waals surface area contributed by atoms with E-state index >= 15 is 0 Å². The molecule has 0 saturated carbocycles. The summed E-state index contributed by atoms with van der Waals surface area (Å²) in [4.78, 5) is 3.14. The molecule has 0 radical (unpaired) electrons. The smallest absolute Gasteiger partial charge is 0.212 e. The van der Waals surface area contributed by atoms with E-state index in [1.807, 2.05) is 0 Å². The lowest BCUT2D eigenvalue weighted by Crippen LogP contribution is -2.16. The highest BCUT2D eigenvalue weighted by Gasteiger charge is 2.34. The Morgan fingerprint density at radius 1 is 1.62 bits per heavy atom. The van der Waals surface area contributed by atoms with Crippen LogP contribution < -0.4 is 0 Å². The van der Waals surface area contributed by atoms with E-state index in [9.17, 15) is 13.2 Å². The summed E-state index contributed by atoms with van der Waals surface area (Å²) in [7, 11) is 0. The molecular formula is C5H2ClF3IN3. The number of aromatic nitrogens is 2. The van der Waals surface area contributed by atoms with Gasteiger partial charge in [-0.3, -0.25) is 0 Å². The van der Waals surface area contributed by atoms with Crippen molar-refractivity contribution in [1.29, 1.82) is 0 Å². The van der Waals surface area contributed by atoms with E-state index in [2.05, 4.69) is 10.1 Å². The predicted octanol–water partition coefficient (Wildman–Crippen LogP) is 2.91. The maximum absolute atomic E-state index is 11.9. The molecule has 1 aromatic heterocycles. The van der Waals surface area contributed by atoms with E-state index in [1.54, 1.807) is 22.9 Å². The highest BCUT2D eigenvalue weighted by Crippen LogP contribution is 2.24. The topological polar surface area (TPSA) is 30.2 Å². The van der Waals surface area contributed by atoms with E-state index < -0.39 is 11.3 Å². The second-order valence-electron chi connectivity index (χ2n) is 1.95. The molecule has 8 heteroatoms. The molecule has 0 fully saturated rings. The van der Waals surface area contributed by atoms with E-state index in [0.29, 0.717) is 0 Å². The lowest BCUT2D eigenvalue weighted by molar-refractivity contribution is -0.0558. The Bertz CT molecular complexity index is 332. The first-order valence-corrected chi connectivity index (χ1v) is 4.27. The Labute approximate surface area is 90.1 Å². The van der Waals surface area contributed by atoms with Crippen molar-refractivity contribution in [2.45, 2.75) is 6.18 Å². The number of halogens is 5. The Balaban J connectivity index is 2.96. The van der Waals surface area contributed by atoms with Crippen LogP contribution in [0.5, 0.6) is 0 Å². The van der Waals surface area contributed by atoms with Gasteiger partial charge in [-0.1, -0.05) is 11.6 Å².